The Bertz CT molecular complexity index is 615. The molecule has 0 unspecified atom stereocenters. The molecule has 0 aliphatic carbocycles. The molecule has 0 N–H and O–H groups in total. The third-order valence-electron chi connectivity index (χ3n) is 5.77. The first-order valence-corrected chi connectivity index (χ1v) is 12.1. The summed E-state index contributed by atoms with van der Waals surface area (Å²) in [7, 11) is 0. The molecule has 176 valence electrons. The van der Waals surface area contributed by atoms with Crippen molar-refractivity contribution in [3.05, 3.63) is 35.9 Å². The van der Waals surface area contributed by atoms with Crippen LogP contribution in [0.15, 0.2) is 30.3 Å². The van der Waals surface area contributed by atoms with Gasteiger partial charge < -0.3 is 18.9 Å². The Balaban J connectivity index is 1.99. The number of benzene rings is 1. The van der Waals surface area contributed by atoms with Gasteiger partial charge in [-0.05, 0) is 32.8 Å². The van der Waals surface area contributed by atoms with Gasteiger partial charge in [-0.3, -0.25) is 4.79 Å². The smallest absolute Gasteiger partial charge is 0.306 e. The summed E-state index contributed by atoms with van der Waals surface area (Å²) in [5.41, 5.74) is 1.12. The van der Waals surface area contributed by atoms with Gasteiger partial charge in [0, 0.05) is 5.92 Å². The molecule has 0 saturated carbocycles. The summed E-state index contributed by atoms with van der Waals surface area (Å²) in [6, 6.07) is 10.1. The lowest BCUT2D eigenvalue weighted by molar-refractivity contribution is -0.328. The Hall–Kier alpha value is -1.43. The largest absolute Gasteiger partial charge is 0.466 e. The lowest BCUT2D eigenvalue weighted by Gasteiger charge is -2.46. The highest BCUT2D eigenvalue weighted by molar-refractivity contribution is 5.69. The molecule has 1 fully saturated rings. The van der Waals surface area contributed by atoms with Crippen LogP contribution in [-0.4, -0.2) is 37.2 Å². The topological polar surface area (TPSA) is 54.0 Å². The van der Waals surface area contributed by atoms with Crippen molar-refractivity contribution < 1.29 is 23.7 Å². The molecule has 1 aliphatic rings. The molecule has 1 aliphatic heterocycles. The standard InChI is InChI=1S/C26H42O5/c1-5-7-8-9-10-14-17-23-22(18-25(27)29-6-2)24(31-26(3,4)30-23)20-28-19-21-15-12-11-13-16-21/h11-13,15-16,22-24H,5-10,14,17-20H2,1-4H3/t22-,23+,24+/m1/s1. The van der Waals surface area contributed by atoms with Gasteiger partial charge in [0.15, 0.2) is 5.79 Å². The van der Waals surface area contributed by atoms with E-state index in [1.807, 2.05) is 51.1 Å². The monoisotopic (exact) mass is 434 g/mol. The number of hydrogen-bond donors (Lipinski definition) is 0. The predicted molar refractivity (Wildman–Crippen MR) is 123 cm³/mol. The second-order valence-corrected chi connectivity index (χ2v) is 8.94. The third-order valence-corrected chi connectivity index (χ3v) is 5.77. The molecule has 1 aromatic rings. The second-order valence-electron chi connectivity index (χ2n) is 8.94. The summed E-state index contributed by atoms with van der Waals surface area (Å²) in [4.78, 5) is 12.3. The average Bonchev–Trinajstić information content (AvgIpc) is 2.73. The van der Waals surface area contributed by atoms with Crippen molar-refractivity contribution in [1.29, 1.82) is 0 Å². The van der Waals surface area contributed by atoms with E-state index in [2.05, 4.69) is 6.92 Å². The van der Waals surface area contributed by atoms with Crippen LogP contribution in [0.4, 0.5) is 0 Å². The van der Waals surface area contributed by atoms with Crippen molar-refractivity contribution in [2.24, 2.45) is 5.92 Å². The van der Waals surface area contributed by atoms with E-state index in [1.165, 1.54) is 32.1 Å². The molecular weight excluding hydrogens is 392 g/mol. The van der Waals surface area contributed by atoms with Crippen LogP contribution in [0.25, 0.3) is 0 Å². The molecule has 0 bridgehead atoms. The summed E-state index contributed by atoms with van der Waals surface area (Å²) in [6.07, 6.45) is 8.38. The second kappa shape index (κ2) is 13.9. The minimum atomic E-state index is -0.696. The Morgan fingerprint density at radius 2 is 1.65 bits per heavy atom. The quantitative estimate of drug-likeness (QED) is 0.264. The van der Waals surface area contributed by atoms with E-state index in [-0.39, 0.29) is 24.1 Å². The van der Waals surface area contributed by atoms with Crippen molar-refractivity contribution in [1.82, 2.24) is 0 Å². The predicted octanol–water partition coefficient (Wildman–Crippen LogP) is 6.04. The molecule has 3 atom stereocenters. The van der Waals surface area contributed by atoms with Crippen LogP contribution in [0.5, 0.6) is 0 Å². The van der Waals surface area contributed by atoms with E-state index in [1.54, 1.807) is 0 Å². The van der Waals surface area contributed by atoms with Gasteiger partial charge >= 0.3 is 5.97 Å². The normalized spacial score (nSPS) is 22.9. The summed E-state index contributed by atoms with van der Waals surface area (Å²) >= 11 is 0. The third kappa shape index (κ3) is 9.71. The maximum absolute atomic E-state index is 12.3. The van der Waals surface area contributed by atoms with Gasteiger partial charge in [-0.1, -0.05) is 75.8 Å². The number of carbonyl (C=O) groups excluding carboxylic acids is 1. The zero-order valence-corrected chi connectivity index (χ0v) is 19.9. The summed E-state index contributed by atoms with van der Waals surface area (Å²) in [5.74, 6) is -0.961. The van der Waals surface area contributed by atoms with Gasteiger partial charge in [0.25, 0.3) is 0 Å². The first-order chi connectivity index (χ1) is 14.9. The number of unbranched alkanes of at least 4 members (excludes halogenated alkanes) is 5. The molecule has 0 amide bonds. The van der Waals surface area contributed by atoms with Crippen LogP contribution in [0.2, 0.25) is 0 Å². The number of carbonyl (C=O) groups is 1. The van der Waals surface area contributed by atoms with Gasteiger partial charge in [-0.15, -0.1) is 0 Å². The van der Waals surface area contributed by atoms with E-state index in [0.29, 0.717) is 26.2 Å². The zero-order valence-electron chi connectivity index (χ0n) is 19.9. The van der Waals surface area contributed by atoms with Gasteiger partial charge in [-0.2, -0.15) is 0 Å². The van der Waals surface area contributed by atoms with Crippen LogP contribution >= 0.6 is 0 Å². The average molecular weight is 435 g/mol. The fourth-order valence-electron chi connectivity index (χ4n) is 4.27. The molecule has 1 aromatic carbocycles. The van der Waals surface area contributed by atoms with Crippen LogP contribution in [0.1, 0.15) is 84.6 Å². The van der Waals surface area contributed by atoms with Crippen molar-refractivity contribution >= 4 is 5.97 Å². The maximum atomic E-state index is 12.3. The lowest BCUT2D eigenvalue weighted by Crippen LogP contribution is -2.53. The summed E-state index contributed by atoms with van der Waals surface area (Å²) in [6.45, 7) is 9.31. The van der Waals surface area contributed by atoms with Crippen LogP contribution in [-0.2, 0) is 30.3 Å². The molecule has 0 aromatic heterocycles. The summed E-state index contributed by atoms with van der Waals surface area (Å²) in [5, 5.41) is 0. The number of hydrogen-bond acceptors (Lipinski definition) is 5. The molecule has 2 rings (SSSR count). The molecule has 1 saturated heterocycles. The highest BCUT2D eigenvalue weighted by Gasteiger charge is 2.44. The SMILES string of the molecule is CCCCCCCC[C@@H]1OC(C)(C)O[C@@H](COCc2ccccc2)[C@@H]1CC(=O)OCC. The maximum Gasteiger partial charge on any atom is 0.306 e. The van der Waals surface area contributed by atoms with Crippen LogP contribution in [0, 0.1) is 5.92 Å². The number of ether oxygens (including phenoxy) is 4. The minimum Gasteiger partial charge on any atom is -0.466 e. The Morgan fingerprint density at radius 1 is 0.968 bits per heavy atom. The van der Waals surface area contributed by atoms with Gasteiger partial charge in [0.2, 0.25) is 0 Å². The van der Waals surface area contributed by atoms with Gasteiger partial charge in [0.1, 0.15) is 0 Å². The lowest BCUT2D eigenvalue weighted by atomic mass is 9.87. The highest BCUT2D eigenvalue weighted by Crippen LogP contribution is 2.36. The molecular formula is C26H42O5. The van der Waals surface area contributed by atoms with E-state index in [0.717, 1.165) is 18.4 Å². The number of esters is 1. The van der Waals surface area contributed by atoms with Gasteiger partial charge in [0.05, 0.1) is 38.4 Å². The fraction of sp³-hybridized carbons (Fsp3) is 0.731. The van der Waals surface area contributed by atoms with E-state index in [4.69, 9.17) is 18.9 Å². The van der Waals surface area contributed by atoms with Crippen molar-refractivity contribution in [2.75, 3.05) is 13.2 Å². The Kier molecular flexibility index (Phi) is 11.6. The van der Waals surface area contributed by atoms with Crippen molar-refractivity contribution in [3.8, 4) is 0 Å². The molecule has 0 radical (unpaired) electrons. The Morgan fingerprint density at radius 3 is 2.35 bits per heavy atom. The first-order valence-electron chi connectivity index (χ1n) is 12.1. The Labute approximate surface area is 188 Å². The molecule has 1 heterocycles. The molecule has 5 heteroatoms. The highest BCUT2D eigenvalue weighted by atomic mass is 16.7. The number of rotatable bonds is 14. The van der Waals surface area contributed by atoms with Crippen molar-refractivity contribution in [2.45, 2.75) is 104 Å². The van der Waals surface area contributed by atoms with E-state index < -0.39 is 5.79 Å². The molecule has 0 spiro atoms. The van der Waals surface area contributed by atoms with Crippen molar-refractivity contribution in [3.63, 3.8) is 0 Å². The van der Waals surface area contributed by atoms with E-state index >= 15 is 0 Å². The fourth-order valence-corrected chi connectivity index (χ4v) is 4.27. The van der Waals surface area contributed by atoms with E-state index in [9.17, 15) is 4.79 Å². The molecule has 5 nitrogen and oxygen atoms in total. The van der Waals surface area contributed by atoms with Crippen LogP contribution in [0.3, 0.4) is 0 Å². The van der Waals surface area contributed by atoms with Crippen LogP contribution < -0.4 is 0 Å². The molecule has 31 heavy (non-hydrogen) atoms. The summed E-state index contributed by atoms with van der Waals surface area (Å²) < 4.78 is 23.8. The van der Waals surface area contributed by atoms with Gasteiger partial charge in [-0.25, -0.2) is 0 Å². The zero-order chi connectivity index (χ0) is 22.5. The minimum absolute atomic E-state index is 0.0374. The first kappa shape index (κ1) is 25.8.